The third-order valence-corrected chi connectivity index (χ3v) is 5.15. The lowest BCUT2D eigenvalue weighted by Gasteiger charge is -2.45. The molecular weight excluding hydrogens is 328 g/mol. The molecule has 0 bridgehead atoms. The van der Waals surface area contributed by atoms with Gasteiger partial charge in [0.05, 0.1) is 0 Å². The maximum Gasteiger partial charge on any atom is 0.222 e. The smallest absolute Gasteiger partial charge is 0.222 e. The normalized spacial score (nSPS) is 19.1. The van der Waals surface area contributed by atoms with Crippen molar-refractivity contribution >= 4 is 23.5 Å². The number of nitrogens with zero attached hydrogens (tertiary/aromatic N) is 4. The predicted octanol–water partition coefficient (Wildman–Crippen LogP) is 1.82. The van der Waals surface area contributed by atoms with Crippen LogP contribution in [-0.4, -0.2) is 42.5 Å². The Labute approximate surface area is 154 Å². The number of guanidine groups is 2. The summed E-state index contributed by atoms with van der Waals surface area (Å²) >= 11 is 0. The minimum Gasteiger partial charge on any atom is -0.369 e. The number of amides is 1. The molecule has 0 saturated heterocycles. The highest BCUT2D eigenvalue weighted by molar-refractivity contribution is 6.05. The highest BCUT2D eigenvalue weighted by Gasteiger charge is 2.42. The van der Waals surface area contributed by atoms with E-state index in [0.717, 1.165) is 36.9 Å². The van der Waals surface area contributed by atoms with E-state index < -0.39 is 5.66 Å². The van der Waals surface area contributed by atoms with Crippen LogP contribution in [0.3, 0.4) is 0 Å². The number of aliphatic imine (C=N–C) groups is 2. The molecule has 1 saturated carbocycles. The quantitative estimate of drug-likeness (QED) is 0.859. The van der Waals surface area contributed by atoms with E-state index in [1.165, 1.54) is 6.42 Å². The second-order valence-electron chi connectivity index (χ2n) is 7.28. The summed E-state index contributed by atoms with van der Waals surface area (Å²) in [6.07, 6.45) is 6.38. The van der Waals surface area contributed by atoms with Crippen molar-refractivity contribution in [1.82, 2.24) is 4.90 Å². The number of rotatable bonds is 4. The van der Waals surface area contributed by atoms with Crippen LogP contribution in [0.1, 0.15) is 44.1 Å². The highest BCUT2D eigenvalue weighted by atomic mass is 16.2. The number of anilines is 1. The van der Waals surface area contributed by atoms with Gasteiger partial charge >= 0.3 is 0 Å². The van der Waals surface area contributed by atoms with Gasteiger partial charge in [0.2, 0.25) is 17.8 Å². The minimum atomic E-state index is -0.438. The Balaban J connectivity index is 1.88. The summed E-state index contributed by atoms with van der Waals surface area (Å²) in [5, 5.41) is 0. The summed E-state index contributed by atoms with van der Waals surface area (Å²) in [6.45, 7) is 0. The van der Waals surface area contributed by atoms with Gasteiger partial charge in [-0.2, -0.15) is 4.99 Å². The molecule has 7 nitrogen and oxygen atoms in total. The van der Waals surface area contributed by atoms with E-state index in [9.17, 15) is 4.79 Å². The van der Waals surface area contributed by atoms with Crippen molar-refractivity contribution in [2.45, 2.75) is 50.6 Å². The Morgan fingerprint density at radius 1 is 1.23 bits per heavy atom. The van der Waals surface area contributed by atoms with Crippen LogP contribution in [0.25, 0.3) is 0 Å². The van der Waals surface area contributed by atoms with E-state index in [1.54, 1.807) is 19.0 Å². The van der Waals surface area contributed by atoms with Gasteiger partial charge in [-0.05, 0) is 49.8 Å². The molecule has 3 rings (SSSR count). The van der Waals surface area contributed by atoms with Crippen LogP contribution < -0.4 is 16.4 Å². The molecular formula is C19H28N6O. The summed E-state index contributed by atoms with van der Waals surface area (Å²) in [6, 6.07) is 8.14. The third kappa shape index (κ3) is 3.66. The number of hydrogen-bond acceptors (Lipinski definition) is 6. The molecule has 26 heavy (non-hydrogen) atoms. The molecule has 1 heterocycles. The van der Waals surface area contributed by atoms with E-state index in [2.05, 4.69) is 11.1 Å². The van der Waals surface area contributed by atoms with Gasteiger partial charge in [0.1, 0.15) is 5.66 Å². The van der Waals surface area contributed by atoms with Crippen molar-refractivity contribution in [3.63, 3.8) is 0 Å². The fraction of sp³-hybridized carbons (Fsp3) is 0.526. The maximum atomic E-state index is 11.9. The summed E-state index contributed by atoms with van der Waals surface area (Å²) in [7, 11) is 3.55. The molecule has 4 N–H and O–H groups in total. The van der Waals surface area contributed by atoms with Gasteiger partial charge < -0.3 is 16.4 Å². The molecule has 1 aromatic carbocycles. The molecule has 1 fully saturated rings. The molecule has 1 aliphatic carbocycles. The van der Waals surface area contributed by atoms with Crippen molar-refractivity contribution in [1.29, 1.82) is 0 Å². The molecule has 1 spiro atoms. The first kappa shape index (κ1) is 18.2. The van der Waals surface area contributed by atoms with E-state index in [0.29, 0.717) is 18.8 Å². The Bertz CT molecular complexity index is 733. The molecule has 140 valence electrons. The first-order valence-electron chi connectivity index (χ1n) is 9.20. The summed E-state index contributed by atoms with van der Waals surface area (Å²) in [5.74, 6) is 0.768. The lowest BCUT2D eigenvalue weighted by Crippen LogP contribution is -2.58. The topological polar surface area (TPSA) is 100 Å². The van der Waals surface area contributed by atoms with Crippen LogP contribution in [-0.2, 0) is 11.2 Å². The summed E-state index contributed by atoms with van der Waals surface area (Å²) in [4.78, 5) is 24.4. The van der Waals surface area contributed by atoms with E-state index >= 15 is 0 Å². The van der Waals surface area contributed by atoms with Crippen LogP contribution in [0.15, 0.2) is 34.3 Å². The fourth-order valence-electron chi connectivity index (χ4n) is 3.82. The fourth-order valence-corrected chi connectivity index (χ4v) is 3.82. The average Bonchev–Trinajstić information content (AvgIpc) is 2.59. The van der Waals surface area contributed by atoms with Gasteiger partial charge in [-0.25, -0.2) is 4.99 Å². The molecule has 1 amide bonds. The Morgan fingerprint density at radius 2 is 1.96 bits per heavy atom. The average molecular weight is 356 g/mol. The zero-order valence-electron chi connectivity index (χ0n) is 15.6. The van der Waals surface area contributed by atoms with E-state index in [-0.39, 0.29) is 11.9 Å². The van der Waals surface area contributed by atoms with Gasteiger partial charge in [0, 0.05) is 26.2 Å². The highest BCUT2D eigenvalue weighted by Crippen LogP contribution is 2.39. The van der Waals surface area contributed by atoms with Gasteiger partial charge in [-0.15, -0.1) is 0 Å². The molecule has 0 radical (unpaired) electrons. The Hall–Kier alpha value is -2.57. The second-order valence-corrected chi connectivity index (χ2v) is 7.28. The van der Waals surface area contributed by atoms with Crippen LogP contribution in [0.2, 0.25) is 0 Å². The van der Waals surface area contributed by atoms with Crippen molar-refractivity contribution in [3.05, 3.63) is 29.8 Å². The standard InChI is InChI=1S/C19H28N6O/c1-24(2)16(26)10-9-14-7-6-8-15(13-14)25-18(21)22-17(20)23-19(25)11-4-3-5-12-19/h6-8,13H,3-5,9-12H2,1-2H3,(H4,20,21,22,23). The van der Waals surface area contributed by atoms with Gasteiger partial charge in [0.25, 0.3) is 0 Å². The van der Waals surface area contributed by atoms with Crippen LogP contribution in [0, 0.1) is 0 Å². The molecule has 1 aromatic rings. The Kier molecular flexibility index (Phi) is 5.15. The van der Waals surface area contributed by atoms with E-state index in [1.807, 2.05) is 23.1 Å². The first-order valence-corrected chi connectivity index (χ1v) is 9.20. The summed E-state index contributed by atoms with van der Waals surface area (Å²) < 4.78 is 0. The van der Waals surface area contributed by atoms with Crippen LogP contribution in [0.5, 0.6) is 0 Å². The molecule has 7 heteroatoms. The monoisotopic (exact) mass is 356 g/mol. The van der Waals surface area contributed by atoms with E-state index in [4.69, 9.17) is 16.5 Å². The molecule has 0 aromatic heterocycles. The lowest BCUT2D eigenvalue weighted by molar-refractivity contribution is -0.128. The Morgan fingerprint density at radius 3 is 2.65 bits per heavy atom. The minimum absolute atomic E-state index is 0.121. The summed E-state index contributed by atoms with van der Waals surface area (Å²) in [5.41, 5.74) is 13.8. The van der Waals surface area contributed by atoms with Crippen LogP contribution in [0.4, 0.5) is 5.69 Å². The predicted molar refractivity (Wildman–Crippen MR) is 105 cm³/mol. The number of nitrogens with two attached hydrogens (primary N) is 2. The number of benzene rings is 1. The number of hydrogen-bond donors (Lipinski definition) is 2. The maximum absolute atomic E-state index is 11.9. The van der Waals surface area contributed by atoms with Gasteiger partial charge in [-0.1, -0.05) is 18.6 Å². The van der Waals surface area contributed by atoms with Crippen molar-refractivity contribution in [2.75, 3.05) is 19.0 Å². The van der Waals surface area contributed by atoms with Gasteiger partial charge in [0.15, 0.2) is 0 Å². The molecule has 1 aliphatic heterocycles. The van der Waals surface area contributed by atoms with Crippen LogP contribution >= 0.6 is 0 Å². The largest absolute Gasteiger partial charge is 0.369 e. The molecule has 0 atom stereocenters. The number of carbonyl (C=O) groups excluding carboxylic acids is 1. The second kappa shape index (κ2) is 7.35. The zero-order chi connectivity index (χ0) is 18.7. The molecule has 2 aliphatic rings. The lowest BCUT2D eigenvalue weighted by atomic mass is 9.87. The zero-order valence-corrected chi connectivity index (χ0v) is 15.6. The SMILES string of the molecule is CN(C)C(=O)CCc1cccc(N2C(N)=NC(N)=NC23CCCCC3)c1. The first-order chi connectivity index (χ1) is 12.4. The van der Waals surface area contributed by atoms with Crippen molar-refractivity contribution in [2.24, 2.45) is 21.5 Å². The molecule has 0 unspecified atom stereocenters. The van der Waals surface area contributed by atoms with Gasteiger partial charge in [-0.3, -0.25) is 9.69 Å². The third-order valence-electron chi connectivity index (χ3n) is 5.15. The number of carbonyl (C=O) groups is 1. The number of aryl methyl sites for hydroxylation is 1. The van der Waals surface area contributed by atoms with Crippen molar-refractivity contribution < 1.29 is 4.79 Å². The van der Waals surface area contributed by atoms with Crippen molar-refractivity contribution in [3.8, 4) is 0 Å².